The fourth-order valence-electron chi connectivity index (χ4n) is 3.49. The summed E-state index contributed by atoms with van der Waals surface area (Å²) in [6.45, 7) is 3.87. The Morgan fingerprint density at radius 2 is 1.88 bits per heavy atom. The second-order valence-corrected chi connectivity index (χ2v) is 7.29. The molecule has 2 N–H and O–H groups in total. The van der Waals surface area contributed by atoms with Gasteiger partial charge in [-0.2, -0.15) is 0 Å². The average molecular weight is 432 g/mol. The largest absolute Gasteiger partial charge is 0.497 e. The smallest absolute Gasteiger partial charge is 0.257 e. The first kappa shape index (κ1) is 21.2. The molecular weight excluding hydrogens is 408 g/mol. The molecule has 4 rings (SSSR count). The van der Waals surface area contributed by atoms with Gasteiger partial charge in [0.05, 0.1) is 31.8 Å². The number of carbonyl (C=O) groups is 1. The van der Waals surface area contributed by atoms with E-state index >= 15 is 0 Å². The van der Waals surface area contributed by atoms with Crippen molar-refractivity contribution in [1.82, 2.24) is 20.4 Å². The summed E-state index contributed by atoms with van der Waals surface area (Å²) in [5.74, 6) is 2.51. The van der Waals surface area contributed by atoms with Crippen LogP contribution in [0, 0.1) is 13.8 Å². The number of methoxy groups -OCH3 is 2. The van der Waals surface area contributed by atoms with Crippen LogP contribution in [0.3, 0.4) is 0 Å². The summed E-state index contributed by atoms with van der Waals surface area (Å²) in [6, 6.07) is 13.4. The molecule has 0 saturated carbocycles. The standard InChI is InChI=1S/C24H24N4O4/c1-14-22(15(2)32-28-14)24(29)26-12-16-5-7-17(8-6-16)23-25-13-20(27-23)19-11-18(30-3)9-10-21(19)31-4/h5-11,13H,12H2,1-4H3,(H,25,27)(H,26,29). The highest BCUT2D eigenvalue weighted by Crippen LogP contribution is 2.33. The number of aromatic nitrogens is 3. The van der Waals surface area contributed by atoms with Gasteiger partial charge in [0.25, 0.3) is 5.91 Å². The molecule has 1 amide bonds. The van der Waals surface area contributed by atoms with Crippen LogP contribution >= 0.6 is 0 Å². The van der Waals surface area contributed by atoms with E-state index in [9.17, 15) is 4.79 Å². The maximum Gasteiger partial charge on any atom is 0.257 e. The number of aromatic amines is 1. The fourth-order valence-corrected chi connectivity index (χ4v) is 3.49. The van der Waals surface area contributed by atoms with E-state index in [1.165, 1.54) is 0 Å². The van der Waals surface area contributed by atoms with Crippen molar-refractivity contribution in [2.24, 2.45) is 0 Å². The summed E-state index contributed by atoms with van der Waals surface area (Å²) < 4.78 is 15.9. The first-order valence-electron chi connectivity index (χ1n) is 10.1. The lowest BCUT2D eigenvalue weighted by Crippen LogP contribution is -2.23. The Kier molecular flexibility index (Phi) is 5.93. The molecule has 2 aromatic carbocycles. The van der Waals surface area contributed by atoms with E-state index in [4.69, 9.17) is 14.0 Å². The van der Waals surface area contributed by atoms with Crippen LogP contribution in [0.5, 0.6) is 11.5 Å². The fraction of sp³-hybridized carbons (Fsp3) is 0.208. The Morgan fingerprint density at radius 3 is 2.53 bits per heavy atom. The van der Waals surface area contributed by atoms with Crippen molar-refractivity contribution in [3.05, 3.63) is 71.2 Å². The third kappa shape index (κ3) is 4.20. The van der Waals surface area contributed by atoms with Crippen molar-refractivity contribution in [2.45, 2.75) is 20.4 Å². The quantitative estimate of drug-likeness (QED) is 0.452. The van der Waals surface area contributed by atoms with Gasteiger partial charge in [-0.25, -0.2) is 4.98 Å². The van der Waals surface area contributed by atoms with Crippen molar-refractivity contribution >= 4 is 5.91 Å². The number of hydrogen-bond acceptors (Lipinski definition) is 6. The number of aryl methyl sites for hydroxylation is 2. The highest BCUT2D eigenvalue weighted by Gasteiger charge is 2.17. The molecule has 0 bridgehead atoms. The van der Waals surface area contributed by atoms with Crippen molar-refractivity contribution < 1.29 is 18.8 Å². The minimum atomic E-state index is -0.201. The Balaban J connectivity index is 1.47. The van der Waals surface area contributed by atoms with Crippen LogP contribution in [0.1, 0.15) is 27.4 Å². The van der Waals surface area contributed by atoms with E-state index in [1.807, 2.05) is 42.5 Å². The van der Waals surface area contributed by atoms with Crippen molar-refractivity contribution in [1.29, 1.82) is 0 Å². The Hall–Kier alpha value is -4.07. The van der Waals surface area contributed by atoms with Gasteiger partial charge < -0.3 is 24.3 Å². The first-order chi connectivity index (χ1) is 15.5. The molecule has 0 spiro atoms. The van der Waals surface area contributed by atoms with Gasteiger partial charge in [-0.1, -0.05) is 29.4 Å². The number of rotatable bonds is 7. The highest BCUT2D eigenvalue weighted by molar-refractivity contribution is 5.96. The van der Waals surface area contributed by atoms with Gasteiger partial charge in [0.2, 0.25) is 0 Å². The van der Waals surface area contributed by atoms with Crippen LogP contribution in [0.2, 0.25) is 0 Å². The topological polar surface area (TPSA) is 102 Å². The number of H-pyrrole nitrogens is 1. The van der Waals surface area contributed by atoms with Gasteiger partial charge in [0.15, 0.2) is 0 Å². The zero-order valence-electron chi connectivity index (χ0n) is 18.4. The maximum atomic E-state index is 12.4. The molecule has 0 aliphatic heterocycles. The van der Waals surface area contributed by atoms with Gasteiger partial charge in [0, 0.05) is 17.7 Å². The minimum Gasteiger partial charge on any atom is -0.497 e. The molecule has 0 fully saturated rings. The number of carbonyl (C=O) groups excluding carboxylic acids is 1. The third-order valence-electron chi connectivity index (χ3n) is 5.21. The van der Waals surface area contributed by atoms with Crippen molar-refractivity contribution in [3.63, 3.8) is 0 Å². The molecule has 0 aliphatic rings. The van der Waals surface area contributed by atoms with Crippen molar-refractivity contribution in [3.8, 4) is 34.1 Å². The van der Waals surface area contributed by atoms with Gasteiger partial charge in [-0.05, 0) is 37.6 Å². The maximum absolute atomic E-state index is 12.4. The molecule has 164 valence electrons. The number of imidazole rings is 1. The molecule has 32 heavy (non-hydrogen) atoms. The average Bonchev–Trinajstić information content (AvgIpc) is 3.44. The summed E-state index contributed by atoms with van der Waals surface area (Å²) in [7, 11) is 3.26. The van der Waals surface area contributed by atoms with E-state index in [1.54, 1.807) is 34.3 Å². The van der Waals surface area contributed by atoms with E-state index < -0.39 is 0 Å². The first-order valence-corrected chi connectivity index (χ1v) is 10.1. The highest BCUT2D eigenvalue weighted by atomic mass is 16.5. The summed E-state index contributed by atoms with van der Waals surface area (Å²) in [5.41, 5.74) is 4.65. The van der Waals surface area contributed by atoms with E-state index in [-0.39, 0.29) is 5.91 Å². The summed E-state index contributed by atoms with van der Waals surface area (Å²) >= 11 is 0. The molecule has 0 aliphatic carbocycles. The zero-order valence-corrected chi connectivity index (χ0v) is 18.4. The molecule has 0 radical (unpaired) electrons. The van der Waals surface area contributed by atoms with E-state index in [2.05, 4.69) is 20.4 Å². The van der Waals surface area contributed by atoms with E-state index in [0.29, 0.717) is 23.6 Å². The van der Waals surface area contributed by atoms with Gasteiger partial charge >= 0.3 is 0 Å². The normalized spacial score (nSPS) is 10.8. The predicted octanol–water partition coefficient (Wildman–Crippen LogP) is 4.30. The predicted molar refractivity (Wildman–Crippen MR) is 120 cm³/mol. The molecule has 2 aromatic heterocycles. The summed E-state index contributed by atoms with van der Waals surface area (Å²) in [4.78, 5) is 20.2. The monoisotopic (exact) mass is 432 g/mol. The van der Waals surface area contributed by atoms with Crippen LogP contribution in [-0.4, -0.2) is 35.3 Å². The molecule has 0 atom stereocenters. The number of nitrogens with one attached hydrogen (secondary N) is 2. The third-order valence-corrected chi connectivity index (χ3v) is 5.21. The number of amides is 1. The molecule has 8 heteroatoms. The lowest BCUT2D eigenvalue weighted by Gasteiger charge is -2.09. The van der Waals surface area contributed by atoms with Crippen molar-refractivity contribution in [2.75, 3.05) is 14.2 Å². The van der Waals surface area contributed by atoms with Crippen LogP contribution in [0.15, 0.2) is 53.2 Å². The van der Waals surface area contributed by atoms with Crippen LogP contribution in [-0.2, 0) is 6.54 Å². The molecule has 2 heterocycles. The van der Waals surface area contributed by atoms with Gasteiger partial charge in [0.1, 0.15) is 28.6 Å². The van der Waals surface area contributed by atoms with Crippen LogP contribution < -0.4 is 14.8 Å². The molecule has 0 saturated heterocycles. The Labute approximate surface area is 185 Å². The number of nitrogens with zero attached hydrogens (tertiary/aromatic N) is 2. The van der Waals surface area contributed by atoms with E-state index in [0.717, 1.165) is 39.7 Å². The van der Waals surface area contributed by atoms with Gasteiger partial charge in [-0.3, -0.25) is 4.79 Å². The SMILES string of the molecule is COc1ccc(OC)c(-c2cnc(-c3ccc(CNC(=O)c4c(C)noc4C)cc3)[nH]2)c1. The minimum absolute atomic E-state index is 0.201. The van der Waals surface area contributed by atoms with Crippen LogP contribution in [0.25, 0.3) is 22.6 Å². The summed E-state index contributed by atoms with van der Waals surface area (Å²) in [5, 5.41) is 6.72. The zero-order chi connectivity index (χ0) is 22.7. The summed E-state index contributed by atoms with van der Waals surface area (Å²) in [6.07, 6.45) is 1.77. The van der Waals surface area contributed by atoms with Crippen LogP contribution in [0.4, 0.5) is 0 Å². The molecule has 0 unspecified atom stereocenters. The lowest BCUT2D eigenvalue weighted by atomic mass is 10.1. The second-order valence-electron chi connectivity index (χ2n) is 7.29. The molecule has 8 nitrogen and oxygen atoms in total. The van der Waals surface area contributed by atoms with Gasteiger partial charge in [-0.15, -0.1) is 0 Å². The lowest BCUT2D eigenvalue weighted by molar-refractivity contribution is 0.0949. The Morgan fingerprint density at radius 1 is 1.09 bits per heavy atom. The number of ether oxygens (including phenoxy) is 2. The Bertz CT molecular complexity index is 1220. The number of benzene rings is 2. The molecular formula is C24H24N4O4. The number of hydrogen-bond donors (Lipinski definition) is 2. The second kappa shape index (κ2) is 8.97. The molecule has 4 aromatic rings.